The molecule has 2 rings (SSSR count). The summed E-state index contributed by atoms with van der Waals surface area (Å²) < 4.78 is 5.21. The number of amides is 2. The molecule has 0 saturated heterocycles. The maximum atomic E-state index is 13.1. The highest BCUT2D eigenvalue weighted by atomic mass is 16.5. The number of unbranched alkanes of at least 4 members (excludes halogenated alkanes) is 1. The maximum absolute atomic E-state index is 13.1. The normalized spacial score (nSPS) is 11.6. The van der Waals surface area contributed by atoms with E-state index >= 15 is 0 Å². The molecule has 5 heteroatoms. The fraction of sp³-hybridized carbons (Fsp3) is 0.417. The lowest BCUT2D eigenvalue weighted by Crippen LogP contribution is -2.48. The van der Waals surface area contributed by atoms with Crippen molar-refractivity contribution in [2.75, 3.05) is 13.7 Å². The zero-order valence-corrected chi connectivity index (χ0v) is 17.9. The minimum Gasteiger partial charge on any atom is -0.497 e. The summed E-state index contributed by atoms with van der Waals surface area (Å²) in [6.45, 7) is 6.88. The van der Waals surface area contributed by atoms with Crippen LogP contribution in [0.1, 0.15) is 43.4 Å². The monoisotopic (exact) mass is 396 g/mol. The molecule has 0 radical (unpaired) electrons. The highest BCUT2D eigenvalue weighted by molar-refractivity contribution is 5.88. The van der Waals surface area contributed by atoms with Gasteiger partial charge in [0.2, 0.25) is 11.8 Å². The van der Waals surface area contributed by atoms with Gasteiger partial charge in [-0.15, -0.1) is 0 Å². The highest BCUT2D eigenvalue weighted by Crippen LogP contribution is 2.16. The minimum absolute atomic E-state index is 0.0652. The average Bonchev–Trinajstić information content (AvgIpc) is 2.72. The van der Waals surface area contributed by atoms with Crippen LogP contribution in [0.25, 0.3) is 0 Å². The lowest BCUT2D eigenvalue weighted by Gasteiger charge is -2.29. The lowest BCUT2D eigenvalue weighted by molar-refractivity contribution is -0.140. The summed E-state index contributed by atoms with van der Waals surface area (Å²) in [5.41, 5.74) is 3.02. The van der Waals surface area contributed by atoms with E-state index in [4.69, 9.17) is 4.74 Å². The van der Waals surface area contributed by atoms with Gasteiger partial charge in [-0.05, 0) is 43.5 Å². The van der Waals surface area contributed by atoms with Gasteiger partial charge in [-0.25, -0.2) is 0 Å². The Labute approximate surface area is 174 Å². The molecule has 0 unspecified atom stereocenters. The highest BCUT2D eigenvalue weighted by Gasteiger charge is 2.26. The molecule has 29 heavy (non-hydrogen) atoms. The van der Waals surface area contributed by atoms with Gasteiger partial charge in [0.25, 0.3) is 0 Å². The molecule has 1 N–H and O–H groups in total. The van der Waals surface area contributed by atoms with Gasteiger partial charge in [0.05, 0.1) is 13.5 Å². The molecule has 0 aliphatic heterocycles. The van der Waals surface area contributed by atoms with Crippen molar-refractivity contribution in [3.8, 4) is 5.75 Å². The van der Waals surface area contributed by atoms with Crippen LogP contribution in [0.4, 0.5) is 0 Å². The third kappa shape index (κ3) is 6.93. The van der Waals surface area contributed by atoms with Crippen molar-refractivity contribution in [1.29, 1.82) is 0 Å². The molecule has 0 aliphatic carbocycles. The van der Waals surface area contributed by atoms with Gasteiger partial charge in [-0.3, -0.25) is 9.59 Å². The van der Waals surface area contributed by atoms with Gasteiger partial charge in [0.1, 0.15) is 11.8 Å². The Morgan fingerprint density at radius 1 is 1.10 bits per heavy atom. The first kappa shape index (κ1) is 22.5. The average molecular weight is 397 g/mol. The van der Waals surface area contributed by atoms with E-state index in [2.05, 4.69) is 12.2 Å². The third-order valence-electron chi connectivity index (χ3n) is 4.95. The Kier molecular flexibility index (Phi) is 8.71. The number of hydrogen-bond donors (Lipinski definition) is 1. The SMILES string of the molecule is CCCCNC(=O)[C@H](C)N(Cc1ccc(OC)cc1)C(=O)Cc1cccc(C)c1. The van der Waals surface area contributed by atoms with Crippen LogP contribution in [0.2, 0.25) is 0 Å². The molecule has 2 amide bonds. The molecule has 0 aliphatic rings. The van der Waals surface area contributed by atoms with E-state index in [9.17, 15) is 9.59 Å². The molecule has 156 valence electrons. The zero-order chi connectivity index (χ0) is 21.2. The standard InChI is InChI=1S/C24H32N2O3/c1-5-6-14-25-24(28)19(3)26(17-20-10-12-22(29-4)13-11-20)23(27)16-21-9-7-8-18(2)15-21/h7-13,15,19H,5-6,14,16-17H2,1-4H3,(H,25,28)/t19-/m0/s1. The van der Waals surface area contributed by atoms with Gasteiger partial charge in [0, 0.05) is 13.1 Å². The van der Waals surface area contributed by atoms with E-state index in [0.717, 1.165) is 35.3 Å². The second-order valence-electron chi connectivity index (χ2n) is 7.36. The number of benzene rings is 2. The molecule has 0 saturated carbocycles. The third-order valence-corrected chi connectivity index (χ3v) is 4.95. The predicted molar refractivity (Wildman–Crippen MR) is 116 cm³/mol. The Balaban J connectivity index is 2.18. The van der Waals surface area contributed by atoms with Gasteiger partial charge in [-0.2, -0.15) is 0 Å². The van der Waals surface area contributed by atoms with Crippen molar-refractivity contribution in [3.05, 3.63) is 65.2 Å². The first-order valence-corrected chi connectivity index (χ1v) is 10.2. The predicted octanol–water partition coefficient (Wildman–Crippen LogP) is 3.88. The molecule has 5 nitrogen and oxygen atoms in total. The van der Waals surface area contributed by atoms with Crippen LogP contribution in [0.3, 0.4) is 0 Å². The van der Waals surface area contributed by atoms with Gasteiger partial charge in [0.15, 0.2) is 0 Å². The van der Waals surface area contributed by atoms with Crippen LogP contribution in [-0.4, -0.2) is 36.4 Å². The van der Waals surface area contributed by atoms with E-state index in [1.165, 1.54) is 0 Å². The first-order valence-electron chi connectivity index (χ1n) is 10.2. The summed E-state index contributed by atoms with van der Waals surface area (Å²) in [4.78, 5) is 27.4. The van der Waals surface area contributed by atoms with Gasteiger partial charge in [-0.1, -0.05) is 55.3 Å². The van der Waals surface area contributed by atoms with Gasteiger partial charge < -0.3 is 15.0 Å². The number of aryl methyl sites for hydroxylation is 1. The molecule has 0 fully saturated rings. The van der Waals surface area contributed by atoms with Crippen LogP contribution >= 0.6 is 0 Å². The Bertz CT molecular complexity index is 802. The quantitative estimate of drug-likeness (QED) is 0.620. The second kappa shape index (κ2) is 11.2. The number of ether oxygens (including phenoxy) is 1. The number of carbonyl (C=O) groups excluding carboxylic acids is 2. The van der Waals surface area contributed by atoms with Crippen molar-refractivity contribution < 1.29 is 14.3 Å². The van der Waals surface area contributed by atoms with E-state index in [0.29, 0.717) is 13.1 Å². The summed E-state index contributed by atoms with van der Waals surface area (Å²) in [6, 6.07) is 14.9. The molecular formula is C24H32N2O3. The number of hydrogen-bond acceptors (Lipinski definition) is 3. The molecule has 0 heterocycles. The van der Waals surface area contributed by atoms with Gasteiger partial charge >= 0.3 is 0 Å². The molecule has 2 aromatic rings. The first-order chi connectivity index (χ1) is 13.9. The Hall–Kier alpha value is -2.82. The van der Waals surface area contributed by atoms with E-state index in [1.54, 1.807) is 18.9 Å². The molecule has 0 spiro atoms. The molecule has 1 atom stereocenters. The Morgan fingerprint density at radius 2 is 1.83 bits per heavy atom. The number of rotatable bonds is 10. The summed E-state index contributed by atoms with van der Waals surface area (Å²) in [5, 5.41) is 2.94. The van der Waals surface area contributed by atoms with E-state index < -0.39 is 6.04 Å². The Morgan fingerprint density at radius 3 is 2.45 bits per heavy atom. The zero-order valence-electron chi connectivity index (χ0n) is 17.9. The molecule has 0 aromatic heterocycles. The maximum Gasteiger partial charge on any atom is 0.242 e. The summed E-state index contributed by atoms with van der Waals surface area (Å²) in [5.74, 6) is 0.575. The summed E-state index contributed by atoms with van der Waals surface area (Å²) in [7, 11) is 1.62. The van der Waals surface area contributed by atoms with E-state index in [-0.39, 0.29) is 18.2 Å². The fourth-order valence-corrected chi connectivity index (χ4v) is 3.14. The minimum atomic E-state index is -0.550. The summed E-state index contributed by atoms with van der Waals surface area (Å²) >= 11 is 0. The van der Waals surface area contributed by atoms with Crippen LogP contribution in [-0.2, 0) is 22.6 Å². The van der Waals surface area contributed by atoms with Crippen molar-refractivity contribution in [2.45, 2.75) is 52.6 Å². The van der Waals surface area contributed by atoms with E-state index in [1.807, 2.05) is 55.5 Å². The molecule has 2 aromatic carbocycles. The number of nitrogens with one attached hydrogen (secondary N) is 1. The van der Waals surface area contributed by atoms with Crippen LogP contribution in [0.15, 0.2) is 48.5 Å². The van der Waals surface area contributed by atoms with Crippen molar-refractivity contribution in [2.24, 2.45) is 0 Å². The molecular weight excluding hydrogens is 364 g/mol. The topological polar surface area (TPSA) is 58.6 Å². The van der Waals surface area contributed by atoms with Crippen LogP contribution in [0, 0.1) is 6.92 Å². The lowest BCUT2D eigenvalue weighted by atomic mass is 10.1. The number of nitrogens with zero attached hydrogens (tertiary/aromatic N) is 1. The molecule has 0 bridgehead atoms. The number of methoxy groups -OCH3 is 1. The second-order valence-corrected chi connectivity index (χ2v) is 7.36. The van der Waals surface area contributed by atoms with Crippen LogP contribution in [0.5, 0.6) is 5.75 Å². The van der Waals surface area contributed by atoms with Crippen LogP contribution < -0.4 is 10.1 Å². The number of carbonyl (C=O) groups is 2. The smallest absolute Gasteiger partial charge is 0.242 e. The fourth-order valence-electron chi connectivity index (χ4n) is 3.14. The van der Waals surface area contributed by atoms with Crippen molar-refractivity contribution >= 4 is 11.8 Å². The van der Waals surface area contributed by atoms with Crippen molar-refractivity contribution in [1.82, 2.24) is 10.2 Å². The summed E-state index contributed by atoms with van der Waals surface area (Å²) in [6.07, 6.45) is 2.20. The largest absolute Gasteiger partial charge is 0.497 e. The van der Waals surface area contributed by atoms with Crippen molar-refractivity contribution in [3.63, 3.8) is 0 Å².